The normalized spacial score (nSPS) is 23.7. The third-order valence-corrected chi connectivity index (χ3v) is 6.01. The number of halogens is 2. The molecule has 2 aromatic carbocycles. The van der Waals surface area contributed by atoms with E-state index in [1.54, 1.807) is 12.1 Å². The first kappa shape index (κ1) is 20.0. The molecule has 0 aromatic heterocycles. The second-order valence-electron chi connectivity index (χ2n) is 7.13. The van der Waals surface area contributed by atoms with Gasteiger partial charge in [0, 0.05) is 18.7 Å². The molecule has 1 N–H and O–H groups in total. The lowest BCUT2D eigenvalue weighted by atomic mass is 9.95. The van der Waals surface area contributed by atoms with E-state index < -0.39 is 17.7 Å². The van der Waals surface area contributed by atoms with Crippen molar-refractivity contribution >= 4 is 40.7 Å². The molecule has 0 spiro atoms. The molecule has 2 heterocycles. The molecule has 2 aliphatic rings. The predicted molar refractivity (Wildman–Crippen MR) is 111 cm³/mol. The van der Waals surface area contributed by atoms with Crippen molar-refractivity contribution in [2.75, 3.05) is 13.2 Å². The fourth-order valence-corrected chi connectivity index (χ4v) is 4.15. The number of benzene rings is 2. The number of carbonyl (C=O) groups is 2. The molecule has 0 saturated carbocycles. The Kier molecular flexibility index (Phi) is 5.63. The van der Waals surface area contributed by atoms with E-state index in [0.717, 1.165) is 18.4 Å². The predicted octanol–water partition coefficient (Wildman–Crippen LogP) is 4.59. The van der Waals surface area contributed by atoms with Gasteiger partial charge in [0.2, 0.25) is 0 Å². The Bertz CT molecular complexity index is 984. The smallest absolute Gasteiger partial charge is 0.295 e. The molecule has 2 saturated heterocycles. The van der Waals surface area contributed by atoms with Gasteiger partial charge in [0.1, 0.15) is 5.76 Å². The number of hydrogen-bond donors (Lipinski definition) is 1. The van der Waals surface area contributed by atoms with Crippen molar-refractivity contribution in [3.05, 3.63) is 75.3 Å². The summed E-state index contributed by atoms with van der Waals surface area (Å²) in [5.41, 5.74) is 1.11. The van der Waals surface area contributed by atoms with Crippen LogP contribution in [0.1, 0.15) is 30.0 Å². The molecule has 29 heavy (non-hydrogen) atoms. The summed E-state index contributed by atoms with van der Waals surface area (Å²) in [5, 5.41) is 11.6. The van der Waals surface area contributed by atoms with Crippen LogP contribution in [-0.4, -0.2) is 41.0 Å². The van der Waals surface area contributed by atoms with Crippen LogP contribution in [-0.2, 0) is 14.3 Å². The molecule has 0 bridgehead atoms. The number of Topliss-reactive ketones (excluding diaryl/α,β-unsaturated/α-hetero) is 1. The van der Waals surface area contributed by atoms with Crippen LogP contribution in [0.15, 0.2) is 54.1 Å². The number of nitrogens with zero attached hydrogens (tertiary/aromatic N) is 1. The highest BCUT2D eigenvalue weighted by Crippen LogP contribution is 2.40. The Labute approximate surface area is 178 Å². The van der Waals surface area contributed by atoms with Crippen LogP contribution >= 0.6 is 23.2 Å². The van der Waals surface area contributed by atoms with Crippen molar-refractivity contribution in [1.29, 1.82) is 0 Å². The topological polar surface area (TPSA) is 66.8 Å². The van der Waals surface area contributed by atoms with Gasteiger partial charge in [-0.3, -0.25) is 9.59 Å². The molecule has 1 amide bonds. The fourth-order valence-electron chi connectivity index (χ4n) is 3.86. The summed E-state index contributed by atoms with van der Waals surface area (Å²) in [6.07, 6.45) is 1.63. The maximum absolute atomic E-state index is 12.9. The summed E-state index contributed by atoms with van der Waals surface area (Å²) >= 11 is 12.0. The maximum Gasteiger partial charge on any atom is 0.295 e. The average molecular weight is 432 g/mol. The van der Waals surface area contributed by atoms with Gasteiger partial charge in [0.25, 0.3) is 11.7 Å². The number of ketones is 1. The molecule has 0 aliphatic carbocycles. The second kappa shape index (κ2) is 8.19. The Balaban J connectivity index is 1.82. The highest BCUT2D eigenvalue weighted by molar-refractivity contribution is 6.46. The van der Waals surface area contributed by atoms with Crippen LogP contribution in [0.4, 0.5) is 0 Å². The lowest BCUT2D eigenvalue weighted by Gasteiger charge is -2.27. The van der Waals surface area contributed by atoms with E-state index in [2.05, 4.69) is 0 Å². The van der Waals surface area contributed by atoms with Crippen molar-refractivity contribution in [3.63, 3.8) is 0 Å². The molecular weight excluding hydrogens is 413 g/mol. The zero-order valence-corrected chi connectivity index (χ0v) is 17.0. The Morgan fingerprint density at radius 3 is 2.52 bits per heavy atom. The number of aliphatic hydroxyl groups is 1. The third kappa shape index (κ3) is 3.78. The van der Waals surface area contributed by atoms with Gasteiger partial charge in [-0.1, -0.05) is 53.5 Å². The fraction of sp³-hybridized carbons (Fsp3) is 0.273. The molecular formula is C22H19Cl2NO4. The van der Waals surface area contributed by atoms with Gasteiger partial charge in [0.05, 0.1) is 27.8 Å². The summed E-state index contributed by atoms with van der Waals surface area (Å²) in [4.78, 5) is 27.3. The number of carbonyl (C=O) groups excluding carboxylic acids is 2. The van der Waals surface area contributed by atoms with Crippen molar-refractivity contribution in [3.8, 4) is 0 Å². The number of hydrogen-bond acceptors (Lipinski definition) is 4. The van der Waals surface area contributed by atoms with Gasteiger partial charge in [-0.25, -0.2) is 0 Å². The number of ether oxygens (including phenoxy) is 1. The largest absolute Gasteiger partial charge is 0.507 e. The SMILES string of the molecule is O=C1C(=O)N(CC2CCCO2)C(c2ccccc2)/C1=C(/O)c1ccc(Cl)c(Cl)c1. The third-order valence-electron chi connectivity index (χ3n) is 5.27. The zero-order valence-electron chi connectivity index (χ0n) is 15.5. The lowest BCUT2D eigenvalue weighted by Crippen LogP contribution is -2.36. The van der Waals surface area contributed by atoms with Gasteiger partial charge in [-0.2, -0.15) is 0 Å². The van der Waals surface area contributed by atoms with Gasteiger partial charge >= 0.3 is 0 Å². The Hall–Kier alpha value is -2.34. The van der Waals surface area contributed by atoms with Crippen molar-refractivity contribution < 1.29 is 19.4 Å². The summed E-state index contributed by atoms with van der Waals surface area (Å²) in [5.74, 6) is -1.64. The molecule has 0 radical (unpaired) electrons. The van der Waals surface area contributed by atoms with E-state index in [1.165, 1.54) is 11.0 Å². The van der Waals surface area contributed by atoms with Crippen LogP contribution in [0, 0.1) is 0 Å². The first-order valence-corrected chi connectivity index (χ1v) is 10.1. The number of amides is 1. The molecule has 7 heteroatoms. The minimum Gasteiger partial charge on any atom is -0.507 e. The minimum atomic E-state index is -0.722. The van der Waals surface area contributed by atoms with E-state index in [-0.39, 0.29) is 22.5 Å². The first-order valence-electron chi connectivity index (χ1n) is 9.37. The molecule has 5 nitrogen and oxygen atoms in total. The summed E-state index contributed by atoms with van der Waals surface area (Å²) in [7, 11) is 0. The van der Waals surface area contributed by atoms with Crippen LogP contribution < -0.4 is 0 Å². The minimum absolute atomic E-state index is 0.0394. The second-order valence-corrected chi connectivity index (χ2v) is 7.94. The molecule has 2 aliphatic heterocycles. The van der Waals surface area contributed by atoms with Crippen LogP contribution in [0.5, 0.6) is 0 Å². The lowest BCUT2D eigenvalue weighted by molar-refractivity contribution is -0.140. The summed E-state index contributed by atoms with van der Waals surface area (Å²) in [6.45, 7) is 0.941. The molecule has 2 fully saturated rings. The average Bonchev–Trinajstić information content (AvgIpc) is 3.32. The van der Waals surface area contributed by atoms with Gasteiger partial charge in [0.15, 0.2) is 0 Å². The molecule has 2 atom stereocenters. The zero-order chi connectivity index (χ0) is 20.5. The summed E-state index contributed by atoms with van der Waals surface area (Å²) < 4.78 is 5.68. The molecule has 4 rings (SSSR count). The van der Waals surface area contributed by atoms with Crippen LogP contribution in [0.3, 0.4) is 0 Å². The Morgan fingerprint density at radius 1 is 1.10 bits per heavy atom. The van der Waals surface area contributed by atoms with E-state index in [0.29, 0.717) is 23.7 Å². The first-order chi connectivity index (χ1) is 14.0. The van der Waals surface area contributed by atoms with Crippen molar-refractivity contribution in [2.24, 2.45) is 0 Å². The van der Waals surface area contributed by atoms with Gasteiger partial charge in [-0.05, 0) is 36.6 Å². The summed E-state index contributed by atoms with van der Waals surface area (Å²) in [6, 6.07) is 13.1. The monoisotopic (exact) mass is 431 g/mol. The van der Waals surface area contributed by atoms with Crippen molar-refractivity contribution in [2.45, 2.75) is 25.0 Å². The Morgan fingerprint density at radius 2 is 1.86 bits per heavy atom. The number of aliphatic hydroxyl groups excluding tert-OH is 1. The highest BCUT2D eigenvalue weighted by Gasteiger charge is 2.47. The van der Waals surface area contributed by atoms with E-state index in [4.69, 9.17) is 27.9 Å². The molecule has 2 unspecified atom stereocenters. The van der Waals surface area contributed by atoms with Crippen molar-refractivity contribution in [1.82, 2.24) is 4.90 Å². The molecule has 2 aromatic rings. The molecule has 150 valence electrons. The standard InChI is InChI=1S/C22H19Cl2NO4/c23-16-9-8-14(11-17(16)24)20(26)18-19(13-5-2-1-3-6-13)25(22(28)21(18)27)12-15-7-4-10-29-15/h1-3,5-6,8-9,11,15,19,26H,4,7,10,12H2/b20-18-. The van der Waals surface area contributed by atoms with Crippen LogP contribution in [0.25, 0.3) is 5.76 Å². The quantitative estimate of drug-likeness (QED) is 0.436. The number of rotatable bonds is 4. The maximum atomic E-state index is 12.9. The number of likely N-dealkylation sites (tertiary alicyclic amines) is 1. The van der Waals surface area contributed by atoms with Crippen LogP contribution in [0.2, 0.25) is 10.0 Å². The highest BCUT2D eigenvalue weighted by atomic mass is 35.5. The van der Waals surface area contributed by atoms with Gasteiger partial charge < -0.3 is 14.7 Å². The van der Waals surface area contributed by atoms with Gasteiger partial charge in [-0.15, -0.1) is 0 Å². The van der Waals surface area contributed by atoms with E-state index >= 15 is 0 Å². The van der Waals surface area contributed by atoms with E-state index in [9.17, 15) is 14.7 Å². The van der Waals surface area contributed by atoms with E-state index in [1.807, 2.05) is 30.3 Å².